The van der Waals surface area contributed by atoms with E-state index in [0.29, 0.717) is 31.0 Å². The number of sulfonamides is 1. The molecule has 0 bridgehead atoms. The van der Waals surface area contributed by atoms with Gasteiger partial charge in [0.15, 0.2) is 0 Å². The fraction of sp³-hybridized carbons (Fsp3) is 0.409. The Kier molecular flexibility index (Phi) is 6.08. The molecule has 0 saturated carbocycles. The van der Waals surface area contributed by atoms with Crippen molar-refractivity contribution in [2.45, 2.75) is 51.3 Å². The second kappa shape index (κ2) is 8.35. The van der Waals surface area contributed by atoms with E-state index in [4.69, 9.17) is 0 Å². The lowest BCUT2D eigenvalue weighted by molar-refractivity contribution is -0.119. The van der Waals surface area contributed by atoms with Crippen molar-refractivity contribution in [2.24, 2.45) is 5.92 Å². The molecule has 0 radical (unpaired) electrons. The molecule has 1 aliphatic rings. The minimum atomic E-state index is -3.65. The lowest BCUT2D eigenvalue weighted by Gasteiger charge is -2.31. The Labute approximate surface area is 167 Å². The van der Waals surface area contributed by atoms with Crippen molar-refractivity contribution in [1.82, 2.24) is 0 Å². The van der Waals surface area contributed by atoms with Crippen molar-refractivity contribution in [1.29, 1.82) is 0 Å². The predicted octanol–water partition coefficient (Wildman–Crippen LogP) is 4.38. The van der Waals surface area contributed by atoms with E-state index in [-0.39, 0.29) is 10.8 Å². The molecule has 1 heterocycles. The summed E-state index contributed by atoms with van der Waals surface area (Å²) in [6.07, 6.45) is 3.04. The van der Waals surface area contributed by atoms with Crippen molar-refractivity contribution in [3.05, 3.63) is 53.6 Å². The normalized spacial score (nSPS) is 14.3. The quantitative estimate of drug-likeness (QED) is 0.750. The molecule has 1 amide bonds. The molecule has 3 rings (SSSR count). The van der Waals surface area contributed by atoms with E-state index in [1.54, 1.807) is 18.2 Å². The van der Waals surface area contributed by atoms with Gasteiger partial charge in [-0.3, -0.25) is 9.52 Å². The number of anilines is 2. The van der Waals surface area contributed by atoms with Gasteiger partial charge in [-0.1, -0.05) is 39.3 Å². The van der Waals surface area contributed by atoms with Crippen LogP contribution in [0.2, 0.25) is 0 Å². The first-order chi connectivity index (χ1) is 13.3. The summed E-state index contributed by atoms with van der Waals surface area (Å²) in [5.41, 5.74) is 3.54. The standard InChI is InChI=1S/C22H28N2O3S/c1-4-5-17-6-10-20(11-7-17)28(26,27)23-19-9-12-21-18(14-19)8-13-22(25)24(21)15-16(2)3/h6-7,9-12,14,16,23H,4-5,8,13,15H2,1-3H3. The summed E-state index contributed by atoms with van der Waals surface area (Å²) in [5, 5.41) is 0. The van der Waals surface area contributed by atoms with Crippen molar-refractivity contribution < 1.29 is 13.2 Å². The number of benzene rings is 2. The van der Waals surface area contributed by atoms with Gasteiger partial charge in [0.1, 0.15) is 0 Å². The Morgan fingerprint density at radius 3 is 2.43 bits per heavy atom. The number of nitrogens with zero attached hydrogens (tertiary/aromatic N) is 1. The molecule has 0 spiro atoms. The highest BCUT2D eigenvalue weighted by atomic mass is 32.2. The third-order valence-electron chi connectivity index (χ3n) is 4.85. The number of amides is 1. The topological polar surface area (TPSA) is 66.5 Å². The summed E-state index contributed by atoms with van der Waals surface area (Å²) >= 11 is 0. The Morgan fingerprint density at radius 2 is 1.79 bits per heavy atom. The van der Waals surface area contributed by atoms with Crippen molar-refractivity contribution in [3.63, 3.8) is 0 Å². The van der Waals surface area contributed by atoms with E-state index in [2.05, 4.69) is 25.5 Å². The van der Waals surface area contributed by atoms with E-state index in [1.165, 1.54) is 0 Å². The zero-order valence-electron chi connectivity index (χ0n) is 16.7. The largest absolute Gasteiger partial charge is 0.312 e. The van der Waals surface area contributed by atoms with Crippen LogP contribution in [-0.4, -0.2) is 20.9 Å². The molecule has 1 aliphatic heterocycles. The molecule has 28 heavy (non-hydrogen) atoms. The number of rotatable bonds is 7. The van der Waals surface area contributed by atoms with E-state index in [1.807, 2.05) is 29.2 Å². The maximum absolute atomic E-state index is 12.7. The van der Waals surface area contributed by atoms with Crippen LogP contribution in [0, 0.1) is 5.92 Å². The zero-order chi connectivity index (χ0) is 20.3. The highest BCUT2D eigenvalue weighted by Crippen LogP contribution is 2.31. The molecule has 2 aromatic rings. The van der Waals surface area contributed by atoms with Gasteiger partial charge < -0.3 is 4.90 Å². The van der Waals surface area contributed by atoms with E-state index in [0.717, 1.165) is 29.7 Å². The number of aryl methyl sites for hydroxylation is 2. The molecule has 0 saturated heterocycles. The van der Waals surface area contributed by atoms with Gasteiger partial charge in [0, 0.05) is 24.3 Å². The van der Waals surface area contributed by atoms with Crippen molar-refractivity contribution in [3.8, 4) is 0 Å². The van der Waals surface area contributed by atoms with Crippen LogP contribution >= 0.6 is 0 Å². The van der Waals surface area contributed by atoms with Crippen LogP contribution in [-0.2, 0) is 27.7 Å². The molecule has 150 valence electrons. The number of fused-ring (bicyclic) bond motifs is 1. The third kappa shape index (κ3) is 4.55. The van der Waals surface area contributed by atoms with E-state index >= 15 is 0 Å². The van der Waals surface area contributed by atoms with Gasteiger partial charge in [0.25, 0.3) is 10.0 Å². The number of hydrogen-bond acceptors (Lipinski definition) is 3. The molecule has 1 N–H and O–H groups in total. The summed E-state index contributed by atoms with van der Waals surface area (Å²) in [6, 6.07) is 12.4. The Hall–Kier alpha value is -2.34. The van der Waals surface area contributed by atoms with Crippen molar-refractivity contribution in [2.75, 3.05) is 16.2 Å². The molecule has 2 aromatic carbocycles. The number of carbonyl (C=O) groups is 1. The molecule has 6 heteroatoms. The second-order valence-corrected chi connectivity index (χ2v) is 9.42. The van der Waals surface area contributed by atoms with Gasteiger partial charge in [-0.2, -0.15) is 0 Å². The zero-order valence-corrected chi connectivity index (χ0v) is 17.6. The number of nitrogens with one attached hydrogen (secondary N) is 1. The van der Waals surface area contributed by atoms with Gasteiger partial charge in [-0.25, -0.2) is 8.42 Å². The summed E-state index contributed by atoms with van der Waals surface area (Å²) in [5.74, 6) is 0.491. The van der Waals surface area contributed by atoms with Crippen LogP contribution < -0.4 is 9.62 Å². The molecule has 0 unspecified atom stereocenters. The smallest absolute Gasteiger partial charge is 0.261 e. The molecule has 5 nitrogen and oxygen atoms in total. The van der Waals surface area contributed by atoms with Gasteiger partial charge in [0.05, 0.1) is 4.90 Å². The maximum Gasteiger partial charge on any atom is 0.261 e. The van der Waals surface area contributed by atoms with Gasteiger partial charge in [-0.05, 0) is 60.2 Å². The summed E-state index contributed by atoms with van der Waals surface area (Å²) in [7, 11) is -3.65. The minimum Gasteiger partial charge on any atom is -0.312 e. The summed E-state index contributed by atoms with van der Waals surface area (Å²) in [4.78, 5) is 14.3. The highest BCUT2D eigenvalue weighted by molar-refractivity contribution is 7.92. The average Bonchev–Trinajstić information content (AvgIpc) is 2.64. The van der Waals surface area contributed by atoms with Gasteiger partial charge >= 0.3 is 0 Å². The number of carbonyl (C=O) groups excluding carboxylic acids is 1. The van der Waals surface area contributed by atoms with E-state index < -0.39 is 10.0 Å². The first-order valence-corrected chi connectivity index (χ1v) is 11.3. The highest BCUT2D eigenvalue weighted by Gasteiger charge is 2.25. The van der Waals surface area contributed by atoms with E-state index in [9.17, 15) is 13.2 Å². The molecule has 0 atom stereocenters. The molecular formula is C22H28N2O3S. The molecule has 0 aromatic heterocycles. The lowest BCUT2D eigenvalue weighted by atomic mass is 9.99. The van der Waals surface area contributed by atoms with Crippen LogP contribution in [0.15, 0.2) is 47.4 Å². The molecule has 0 fully saturated rings. The maximum atomic E-state index is 12.7. The minimum absolute atomic E-state index is 0.127. The first kappa shape index (κ1) is 20.4. The Bertz CT molecular complexity index is 950. The Balaban J connectivity index is 1.82. The second-order valence-electron chi connectivity index (χ2n) is 7.74. The number of hydrogen-bond donors (Lipinski definition) is 1. The SMILES string of the molecule is CCCc1ccc(S(=O)(=O)Nc2ccc3c(c2)CCC(=O)N3CC(C)C)cc1. The summed E-state index contributed by atoms with van der Waals surface area (Å²) < 4.78 is 28.1. The van der Waals surface area contributed by atoms with Gasteiger partial charge in [0.2, 0.25) is 5.91 Å². The van der Waals surface area contributed by atoms with Crippen LogP contribution in [0.5, 0.6) is 0 Å². The van der Waals surface area contributed by atoms with Crippen LogP contribution in [0.4, 0.5) is 11.4 Å². The predicted molar refractivity (Wildman–Crippen MR) is 113 cm³/mol. The monoisotopic (exact) mass is 400 g/mol. The fourth-order valence-electron chi connectivity index (χ4n) is 3.53. The molecule has 0 aliphatic carbocycles. The molecular weight excluding hydrogens is 372 g/mol. The fourth-order valence-corrected chi connectivity index (χ4v) is 4.58. The van der Waals surface area contributed by atoms with Crippen LogP contribution in [0.3, 0.4) is 0 Å². The third-order valence-corrected chi connectivity index (χ3v) is 6.25. The van der Waals surface area contributed by atoms with Crippen LogP contribution in [0.1, 0.15) is 44.7 Å². The first-order valence-electron chi connectivity index (χ1n) is 9.85. The van der Waals surface area contributed by atoms with Crippen molar-refractivity contribution >= 4 is 27.3 Å². The average molecular weight is 401 g/mol. The summed E-state index contributed by atoms with van der Waals surface area (Å²) in [6.45, 7) is 6.92. The Morgan fingerprint density at radius 1 is 1.07 bits per heavy atom. The van der Waals surface area contributed by atoms with Crippen LogP contribution in [0.25, 0.3) is 0 Å². The lowest BCUT2D eigenvalue weighted by Crippen LogP contribution is -2.37. The van der Waals surface area contributed by atoms with Gasteiger partial charge in [-0.15, -0.1) is 0 Å².